The molecule has 4 nitrogen and oxygen atoms in total. The van der Waals surface area contributed by atoms with Gasteiger partial charge in [-0.3, -0.25) is 4.79 Å². The number of para-hydroxylation sites is 1. The largest absolute Gasteiger partial charge is 0.326 e. The molecule has 0 saturated carbocycles. The van der Waals surface area contributed by atoms with Gasteiger partial charge in [0.25, 0.3) is 0 Å². The molecule has 0 aliphatic rings. The Hall–Kier alpha value is -1.39. The van der Waals surface area contributed by atoms with E-state index in [-0.39, 0.29) is 5.91 Å². The van der Waals surface area contributed by atoms with Gasteiger partial charge in [-0.15, -0.1) is 0 Å². The number of benzene rings is 1. The quantitative estimate of drug-likeness (QED) is 0.784. The minimum absolute atomic E-state index is 0.0488. The summed E-state index contributed by atoms with van der Waals surface area (Å²) in [6.45, 7) is 1.36. The second-order valence-electron chi connectivity index (χ2n) is 4.32. The zero-order chi connectivity index (χ0) is 12.7. The highest BCUT2D eigenvalue weighted by molar-refractivity contribution is 5.91. The molecule has 0 radical (unpaired) electrons. The van der Waals surface area contributed by atoms with E-state index in [0.29, 0.717) is 13.0 Å². The summed E-state index contributed by atoms with van der Waals surface area (Å²) in [6, 6.07) is 7.62. The highest BCUT2D eigenvalue weighted by Gasteiger charge is 2.05. The molecule has 17 heavy (non-hydrogen) atoms. The van der Waals surface area contributed by atoms with E-state index in [2.05, 4.69) is 10.2 Å². The average Bonchev–Trinajstić information content (AvgIpc) is 2.29. The number of nitrogens with one attached hydrogen (secondary N) is 1. The standard InChI is InChI=1S/C13H21N3O/c1-16(2)9-5-8-13(17)15-12-7-4-3-6-11(12)10-14/h3-4,6-7H,5,8-10,14H2,1-2H3,(H,15,17). The van der Waals surface area contributed by atoms with Gasteiger partial charge in [0, 0.05) is 18.7 Å². The molecule has 0 unspecified atom stereocenters. The number of hydrogen-bond acceptors (Lipinski definition) is 3. The average molecular weight is 235 g/mol. The molecule has 94 valence electrons. The Balaban J connectivity index is 2.45. The van der Waals surface area contributed by atoms with Crippen molar-refractivity contribution in [2.24, 2.45) is 5.73 Å². The molecular weight excluding hydrogens is 214 g/mol. The molecule has 3 N–H and O–H groups in total. The highest BCUT2D eigenvalue weighted by Crippen LogP contribution is 2.14. The summed E-state index contributed by atoms with van der Waals surface area (Å²) < 4.78 is 0. The molecule has 0 heterocycles. The van der Waals surface area contributed by atoms with Crippen LogP contribution in [0, 0.1) is 0 Å². The predicted octanol–water partition coefficient (Wildman–Crippen LogP) is 1.43. The lowest BCUT2D eigenvalue weighted by Gasteiger charge is -2.11. The molecule has 0 aliphatic carbocycles. The summed E-state index contributed by atoms with van der Waals surface area (Å²) in [6.07, 6.45) is 1.40. The summed E-state index contributed by atoms with van der Waals surface area (Å²) in [4.78, 5) is 13.8. The number of anilines is 1. The topological polar surface area (TPSA) is 58.4 Å². The smallest absolute Gasteiger partial charge is 0.224 e. The predicted molar refractivity (Wildman–Crippen MR) is 70.8 cm³/mol. The van der Waals surface area contributed by atoms with Gasteiger partial charge >= 0.3 is 0 Å². The molecule has 0 bridgehead atoms. The second-order valence-corrected chi connectivity index (χ2v) is 4.32. The summed E-state index contributed by atoms with van der Waals surface area (Å²) >= 11 is 0. The second kappa shape index (κ2) is 7.04. The molecule has 1 aromatic rings. The molecule has 1 aromatic carbocycles. The van der Waals surface area contributed by atoms with Gasteiger partial charge in [-0.05, 0) is 38.7 Å². The summed E-state index contributed by atoms with van der Waals surface area (Å²) in [5, 5.41) is 2.90. The summed E-state index contributed by atoms with van der Waals surface area (Å²) in [5.74, 6) is 0.0488. The first-order valence-corrected chi connectivity index (χ1v) is 5.86. The monoisotopic (exact) mass is 235 g/mol. The van der Waals surface area contributed by atoms with Gasteiger partial charge in [0.15, 0.2) is 0 Å². The van der Waals surface area contributed by atoms with E-state index in [1.807, 2.05) is 38.4 Å². The van der Waals surface area contributed by atoms with Gasteiger partial charge in [0.2, 0.25) is 5.91 Å². The van der Waals surface area contributed by atoms with Crippen molar-refractivity contribution in [1.29, 1.82) is 0 Å². The highest BCUT2D eigenvalue weighted by atomic mass is 16.1. The Morgan fingerprint density at radius 2 is 2.06 bits per heavy atom. The lowest BCUT2D eigenvalue weighted by Crippen LogP contribution is -2.18. The maximum absolute atomic E-state index is 11.7. The molecule has 1 rings (SSSR count). The van der Waals surface area contributed by atoms with Crippen molar-refractivity contribution >= 4 is 11.6 Å². The first kappa shape index (κ1) is 13.7. The van der Waals surface area contributed by atoms with Crippen LogP contribution in [-0.2, 0) is 11.3 Å². The molecule has 4 heteroatoms. The lowest BCUT2D eigenvalue weighted by molar-refractivity contribution is -0.116. The van der Waals surface area contributed by atoms with Crippen molar-refractivity contribution in [2.75, 3.05) is 26.0 Å². The lowest BCUT2D eigenvalue weighted by atomic mass is 10.1. The maximum Gasteiger partial charge on any atom is 0.224 e. The number of rotatable bonds is 6. The number of amides is 1. The minimum atomic E-state index is 0.0488. The molecule has 0 spiro atoms. The van der Waals surface area contributed by atoms with Crippen molar-refractivity contribution in [3.8, 4) is 0 Å². The van der Waals surface area contributed by atoms with Crippen LogP contribution < -0.4 is 11.1 Å². The number of nitrogens with zero attached hydrogens (tertiary/aromatic N) is 1. The third kappa shape index (κ3) is 4.97. The van der Waals surface area contributed by atoms with E-state index in [1.54, 1.807) is 0 Å². The van der Waals surface area contributed by atoms with E-state index < -0.39 is 0 Å². The molecule has 0 aromatic heterocycles. The number of nitrogens with two attached hydrogens (primary N) is 1. The fraction of sp³-hybridized carbons (Fsp3) is 0.462. The molecule has 1 amide bonds. The van der Waals surface area contributed by atoms with Crippen LogP contribution in [0.2, 0.25) is 0 Å². The minimum Gasteiger partial charge on any atom is -0.326 e. The van der Waals surface area contributed by atoms with Gasteiger partial charge in [-0.2, -0.15) is 0 Å². The van der Waals surface area contributed by atoms with Crippen molar-refractivity contribution < 1.29 is 4.79 Å². The first-order chi connectivity index (χ1) is 8.13. The van der Waals surface area contributed by atoms with Gasteiger partial charge in [0.1, 0.15) is 0 Å². The van der Waals surface area contributed by atoms with Crippen LogP contribution in [0.4, 0.5) is 5.69 Å². The van der Waals surface area contributed by atoms with E-state index in [1.165, 1.54) is 0 Å². The molecule has 0 fully saturated rings. The molecule has 0 aliphatic heterocycles. The van der Waals surface area contributed by atoms with Gasteiger partial charge in [-0.25, -0.2) is 0 Å². The number of carbonyl (C=O) groups is 1. The van der Waals surface area contributed by atoms with Crippen LogP contribution in [0.5, 0.6) is 0 Å². The number of carbonyl (C=O) groups excluding carboxylic acids is 1. The Morgan fingerprint density at radius 1 is 1.35 bits per heavy atom. The Labute approximate surface area is 103 Å². The van der Waals surface area contributed by atoms with Crippen LogP contribution in [-0.4, -0.2) is 31.4 Å². The number of hydrogen-bond donors (Lipinski definition) is 2. The summed E-state index contributed by atoms with van der Waals surface area (Å²) in [5.41, 5.74) is 7.40. The SMILES string of the molecule is CN(C)CCCC(=O)Nc1ccccc1CN. The Bertz CT molecular complexity index is 363. The van der Waals surface area contributed by atoms with Gasteiger partial charge < -0.3 is 16.0 Å². The zero-order valence-corrected chi connectivity index (χ0v) is 10.6. The Kier molecular flexibility index (Phi) is 5.66. The van der Waals surface area contributed by atoms with Crippen LogP contribution >= 0.6 is 0 Å². The van der Waals surface area contributed by atoms with Crippen molar-refractivity contribution in [1.82, 2.24) is 4.90 Å². The maximum atomic E-state index is 11.7. The fourth-order valence-corrected chi connectivity index (χ4v) is 1.59. The third-order valence-corrected chi connectivity index (χ3v) is 2.52. The third-order valence-electron chi connectivity index (χ3n) is 2.52. The van der Waals surface area contributed by atoms with Crippen LogP contribution in [0.1, 0.15) is 18.4 Å². The van der Waals surface area contributed by atoms with Crippen LogP contribution in [0.15, 0.2) is 24.3 Å². The van der Waals surface area contributed by atoms with Crippen LogP contribution in [0.25, 0.3) is 0 Å². The van der Waals surface area contributed by atoms with E-state index >= 15 is 0 Å². The van der Waals surface area contributed by atoms with Crippen molar-refractivity contribution in [3.63, 3.8) is 0 Å². The fourth-order valence-electron chi connectivity index (χ4n) is 1.59. The van der Waals surface area contributed by atoms with Gasteiger partial charge in [-0.1, -0.05) is 18.2 Å². The first-order valence-electron chi connectivity index (χ1n) is 5.86. The molecular formula is C13H21N3O. The van der Waals surface area contributed by atoms with Crippen LogP contribution in [0.3, 0.4) is 0 Å². The van der Waals surface area contributed by atoms with E-state index in [4.69, 9.17) is 5.73 Å². The molecule has 0 atom stereocenters. The zero-order valence-electron chi connectivity index (χ0n) is 10.6. The normalized spacial score (nSPS) is 10.6. The summed E-state index contributed by atoms with van der Waals surface area (Å²) in [7, 11) is 4.00. The molecule has 0 saturated heterocycles. The van der Waals surface area contributed by atoms with E-state index in [9.17, 15) is 4.79 Å². The van der Waals surface area contributed by atoms with Gasteiger partial charge in [0.05, 0.1) is 0 Å². The van der Waals surface area contributed by atoms with E-state index in [0.717, 1.165) is 24.2 Å². The van der Waals surface area contributed by atoms with Crippen molar-refractivity contribution in [3.05, 3.63) is 29.8 Å². The Morgan fingerprint density at radius 3 is 2.71 bits per heavy atom. The van der Waals surface area contributed by atoms with Crippen molar-refractivity contribution in [2.45, 2.75) is 19.4 Å².